The zero-order valence-corrected chi connectivity index (χ0v) is 15.2. The highest BCUT2D eigenvalue weighted by molar-refractivity contribution is 7.99. The normalized spacial score (nSPS) is 10.6. The monoisotopic (exact) mass is 351 g/mol. The molecule has 0 saturated carbocycles. The molecule has 0 aliphatic rings. The minimum atomic E-state index is -0.00306. The highest BCUT2D eigenvalue weighted by Crippen LogP contribution is 2.20. The summed E-state index contributed by atoms with van der Waals surface area (Å²) < 4.78 is 1.76. The van der Waals surface area contributed by atoms with Crippen molar-refractivity contribution in [1.82, 2.24) is 9.78 Å². The van der Waals surface area contributed by atoms with Crippen LogP contribution in [0.25, 0.3) is 5.69 Å². The Hall–Kier alpha value is -2.53. The van der Waals surface area contributed by atoms with Gasteiger partial charge in [0.05, 0.1) is 11.4 Å². The molecule has 3 aromatic rings. The quantitative estimate of drug-likeness (QED) is 0.660. The van der Waals surface area contributed by atoms with Crippen molar-refractivity contribution >= 4 is 23.5 Å². The number of aryl methyl sites for hydroxylation is 2. The van der Waals surface area contributed by atoms with E-state index < -0.39 is 0 Å². The van der Waals surface area contributed by atoms with Crippen molar-refractivity contribution in [2.45, 2.75) is 25.2 Å². The number of nitrogens with one attached hydrogen (secondary N) is 1. The summed E-state index contributed by atoms with van der Waals surface area (Å²) in [5.41, 5.74) is 3.04. The summed E-state index contributed by atoms with van der Waals surface area (Å²) in [6.07, 6.45) is 0.456. The zero-order chi connectivity index (χ0) is 17.6. The fraction of sp³-hybridized carbons (Fsp3) is 0.200. The Balaban J connectivity index is 1.59. The van der Waals surface area contributed by atoms with E-state index in [2.05, 4.69) is 41.6 Å². The molecule has 0 aliphatic carbocycles. The van der Waals surface area contributed by atoms with Gasteiger partial charge in [0.15, 0.2) is 0 Å². The average Bonchev–Trinajstić information content (AvgIpc) is 2.97. The molecule has 0 bridgehead atoms. The number of carbonyl (C=O) groups is 1. The summed E-state index contributed by atoms with van der Waals surface area (Å²) in [6.45, 7) is 3.99. The molecule has 0 atom stereocenters. The third-order valence-electron chi connectivity index (χ3n) is 3.72. The summed E-state index contributed by atoms with van der Waals surface area (Å²) >= 11 is 1.69. The molecule has 1 heterocycles. The largest absolute Gasteiger partial charge is 0.311 e. The number of rotatable bonds is 6. The number of nitrogens with zero attached hydrogens (tertiary/aromatic N) is 2. The molecule has 0 saturated heterocycles. The maximum Gasteiger partial charge on any atom is 0.226 e. The first kappa shape index (κ1) is 17.3. The highest BCUT2D eigenvalue weighted by atomic mass is 32.2. The Labute approximate surface area is 152 Å². The number of thioether (sulfide) groups is 1. The predicted molar refractivity (Wildman–Crippen MR) is 103 cm³/mol. The van der Waals surface area contributed by atoms with Gasteiger partial charge in [-0.1, -0.05) is 35.9 Å². The molecule has 0 spiro atoms. The van der Waals surface area contributed by atoms with E-state index in [1.54, 1.807) is 16.4 Å². The number of aromatic nitrogens is 2. The van der Waals surface area contributed by atoms with Gasteiger partial charge in [0.2, 0.25) is 5.91 Å². The second-order valence-corrected chi connectivity index (χ2v) is 7.05. The number of anilines is 1. The number of benzene rings is 2. The van der Waals surface area contributed by atoms with Crippen LogP contribution in [-0.2, 0) is 4.79 Å². The first-order valence-corrected chi connectivity index (χ1v) is 9.22. The van der Waals surface area contributed by atoms with Gasteiger partial charge in [0.25, 0.3) is 0 Å². The third kappa shape index (κ3) is 4.73. The van der Waals surface area contributed by atoms with E-state index in [4.69, 9.17) is 0 Å². The number of para-hydroxylation sites is 1. The van der Waals surface area contributed by atoms with Crippen LogP contribution in [0.3, 0.4) is 0 Å². The van der Waals surface area contributed by atoms with Gasteiger partial charge in [-0.2, -0.15) is 5.10 Å². The van der Waals surface area contributed by atoms with E-state index in [0.717, 1.165) is 17.1 Å². The Morgan fingerprint density at radius 1 is 1.08 bits per heavy atom. The molecule has 1 N–H and O–H groups in total. The maximum absolute atomic E-state index is 12.3. The Morgan fingerprint density at radius 2 is 1.80 bits per heavy atom. The molecule has 5 heteroatoms. The van der Waals surface area contributed by atoms with Crippen molar-refractivity contribution in [2.24, 2.45) is 0 Å². The van der Waals surface area contributed by atoms with Crippen LogP contribution in [0.2, 0.25) is 0 Å². The average molecular weight is 351 g/mol. The third-order valence-corrected chi connectivity index (χ3v) is 4.73. The molecular formula is C20H21N3OS. The summed E-state index contributed by atoms with van der Waals surface area (Å²) in [6, 6.07) is 20.0. The van der Waals surface area contributed by atoms with E-state index in [1.165, 1.54) is 10.5 Å². The fourth-order valence-electron chi connectivity index (χ4n) is 2.46. The molecule has 0 unspecified atom stereocenters. The minimum Gasteiger partial charge on any atom is -0.311 e. The summed E-state index contributed by atoms with van der Waals surface area (Å²) in [4.78, 5) is 13.5. The first-order valence-electron chi connectivity index (χ1n) is 8.23. The van der Waals surface area contributed by atoms with Crippen molar-refractivity contribution in [3.8, 4) is 5.69 Å². The van der Waals surface area contributed by atoms with Gasteiger partial charge < -0.3 is 5.32 Å². The molecule has 3 rings (SSSR count). The lowest BCUT2D eigenvalue weighted by molar-refractivity contribution is -0.115. The van der Waals surface area contributed by atoms with Crippen molar-refractivity contribution in [3.63, 3.8) is 0 Å². The summed E-state index contributed by atoms with van der Waals surface area (Å²) in [7, 11) is 0. The number of hydrogen-bond donors (Lipinski definition) is 1. The number of amides is 1. The molecule has 25 heavy (non-hydrogen) atoms. The molecule has 1 amide bonds. The standard InChI is InChI=1S/C20H21N3OS/c1-15-8-10-18(11-9-15)25-13-12-20(24)21-19-14-16(2)22-23(19)17-6-4-3-5-7-17/h3-11,14H,12-13H2,1-2H3,(H,21,24). The fourth-order valence-corrected chi connectivity index (χ4v) is 3.31. The van der Waals surface area contributed by atoms with Gasteiger partial charge in [-0.15, -0.1) is 11.8 Å². The molecule has 0 aliphatic heterocycles. The molecular weight excluding hydrogens is 330 g/mol. The van der Waals surface area contributed by atoms with E-state index in [-0.39, 0.29) is 5.91 Å². The number of carbonyl (C=O) groups excluding carboxylic acids is 1. The van der Waals surface area contributed by atoms with Gasteiger partial charge in [-0.25, -0.2) is 4.68 Å². The molecule has 0 radical (unpaired) electrons. The Bertz CT molecular complexity index is 841. The van der Waals surface area contributed by atoms with Gasteiger partial charge in [-0.3, -0.25) is 4.79 Å². The van der Waals surface area contributed by atoms with E-state index >= 15 is 0 Å². The van der Waals surface area contributed by atoms with Gasteiger partial charge in [-0.05, 0) is 38.1 Å². The topological polar surface area (TPSA) is 46.9 Å². The van der Waals surface area contributed by atoms with Crippen LogP contribution in [-0.4, -0.2) is 21.4 Å². The minimum absolute atomic E-state index is 0.00306. The van der Waals surface area contributed by atoms with Crippen molar-refractivity contribution in [2.75, 3.05) is 11.1 Å². The van der Waals surface area contributed by atoms with E-state index in [0.29, 0.717) is 12.2 Å². The van der Waals surface area contributed by atoms with Crippen LogP contribution in [0.1, 0.15) is 17.7 Å². The summed E-state index contributed by atoms with van der Waals surface area (Å²) in [5, 5.41) is 7.44. The van der Waals surface area contributed by atoms with Crippen LogP contribution in [0, 0.1) is 13.8 Å². The number of hydrogen-bond acceptors (Lipinski definition) is 3. The van der Waals surface area contributed by atoms with Crippen LogP contribution in [0.4, 0.5) is 5.82 Å². The van der Waals surface area contributed by atoms with Gasteiger partial charge in [0, 0.05) is 23.1 Å². The SMILES string of the molecule is Cc1ccc(SCCC(=O)Nc2cc(C)nn2-c2ccccc2)cc1. The van der Waals surface area contributed by atoms with Gasteiger partial charge in [0.1, 0.15) is 5.82 Å². The first-order chi connectivity index (χ1) is 12.1. The lowest BCUT2D eigenvalue weighted by atomic mass is 10.2. The lowest BCUT2D eigenvalue weighted by Gasteiger charge is -2.09. The second-order valence-electron chi connectivity index (χ2n) is 5.88. The predicted octanol–water partition coefficient (Wildman–Crippen LogP) is 4.61. The Morgan fingerprint density at radius 3 is 2.52 bits per heavy atom. The lowest BCUT2D eigenvalue weighted by Crippen LogP contribution is -2.15. The molecule has 4 nitrogen and oxygen atoms in total. The van der Waals surface area contributed by atoms with Crippen LogP contribution >= 0.6 is 11.8 Å². The summed E-state index contributed by atoms with van der Waals surface area (Å²) in [5.74, 6) is 1.44. The van der Waals surface area contributed by atoms with Crippen LogP contribution < -0.4 is 5.32 Å². The van der Waals surface area contributed by atoms with Crippen LogP contribution in [0.5, 0.6) is 0 Å². The second kappa shape index (κ2) is 8.03. The zero-order valence-electron chi connectivity index (χ0n) is 14.4. The molecule has 1 aromatic heterocycles. The van der Waals surface area contributed by atoms with Crippen molar-refractivity contribution in [3.05, 3.63) is 71.9 Å². The van der Waals surface area contributed by atoms with E-state index in [9.17, 15) is 4.79 Å². The molecule has 0 fully saturated rings. The highest BCUT2D eigenvalue weighted by Gasteiger charge is 2.10. The van der Waals surface area contributed by atoms with Crippen molar-refractivity contribution in [1.29, 1.82) is 0 Å². The molecule has 2 aromatic carbocycles. The molecule has 128 valence electrons. The van der Waals surface area contributed by atoms with E-state index in [1.807, 2.05) is 43.3 Å². The maximum atomic E-state index is 12.3. The Kier molecular flexibility index (Phi) is 5.56. The smallest absolute Gasteiger partial charge is 0.226 e. The van der Waals surface area contributed by atoms with Crippen molar-refractivity contribution < 1.29 is 4.79 Å². The van der Waals surface area contributed by atoms with Gasteiger partial charge >= 0.3 is 0 Å². The van der Waals surface area contributed by atoms with Crippen LogP contribution in [0.15, 0.2) is 65.6 Å².